The van der Waals surface area contributed by atoms with Gasteiger partial charge in [-0.25, -0.2) is 0 Å². The SMILES string of the molecule is CC1(c2ccc(O)cc2)CSc2cc(O)ccc2C1CCCCCCCC(=O)O. The molecule has 2 atom stereocenters. The predicted octanol–water partition coefficient (Wildman–Crippen LogP) is 6.06. The third kappa shape index (κ3) is 5.27. The van der Waals surface area contributed by atoms with E-state index in [1.165, 1.54) is 11.1 Å². The average Bonchev–Trinajstić information content (AvgIpc) is 2.69. The summed E-state index contributed by atoms with van der Waals surface area (Å²) in [6.07, 6.45) is 6.28. The van der Waals surface area contributed by atoms with Crippen molar-refractivity contribution < 1.29 is 20.1 Å². The van der Waals surface area contributed by atoms with Gasteiger partial charge >= 0.3 is 5.97 Å². The van der Waals surface area contributed by atoms with E-state index in [0.29, 0.717) is 11.7 Å². The van der Waals surface area contributed by atoms with E-state index >= 15 is 0 Å². The van der Waals surface area contributed by atoms with E-state index in [0.717, 1.165) is 49.2 Å². The molecule has 2 unspecified atom stereocenters. The molecule has 1 aliphatic heterocycles. The van der Waals surface area contributed by atoms with Gasteiger partial charge in [-0.3, -0.25) is 4.79 Å². The molecule has 0 aliphatic carbocycles. The van der Waals surface area contributed by atoms with Crippen LogP contribution in [0.15, 0.2) is 47.4 Å². The first-order chi connectivity index (χ1) is 13.9. The van der Waals surface area contributed by atoms with Gasteiger partial charge in [0.1, 0.15) is 11.5 Å². The van der Waals surface area contributed by atoms with Gasteiger partial charge in [0.15, 0.2) is 0 Å². The van der Waals surface area contributed by atoms with Gasteiger partial charge in [-0.05, 0) is 54.2 Å². The fraction of sp³-hybridized carbons (Fsp3) is 0.458. The molecular weight excluding hydrogens is 384 g/mol. The third-order valence-electron chi connectivity index (χ3n) is 6.08. The molecular formula is C24H30O4S. The molecule has 4 nitrogen and oxygen atoms in total. The Labute approximate surface area is 177 Å². The number of aliphatic carboxylic acids is 1. The number of phenolic OH excluding ortho intramolecular Hbond substituents is 2. The van der Waals surface area contributed by atoms with Crippen LogP contribution in [0.3, 0.4) is 0 Å². The summed E-state index contributed by atoms with van der Waals surface area (Å²) in [4.78, 5) is 11.8. The minimum Gasteiger partial charge on any atom is -0.508 e. The molecule has 0 radical (unpaired) electrons. The lowest BCUT2D eigenvalue weighted by Gasteiger charge is -2.43. The van der Waals surface area contributed by atoms with Crippen molar-refractivity contribution in [3.8, 4) is 11.5 Å². The molecule has 2 aromatic carbocycles. The van der Waals surface area contributed by atoms with E-state index in [1.807, 2.05) is 18.2 Å². The summed E-state index contributed by atoms with van der Waals surface area (Å²) in [5.74, 6) is 1.14. The number of rotatable bonds is 9. The summed E-state index contributed by atoms with van der Waals surface area (Å²) >= 11 is 1.79. The Kier molecular flexibility index (Phi) is 7.12. The van der Waals surface area contributed by atoms with Crippen molar-refractivity contribution in [1.82, 2.24) is 0 Å². The van der Waals surface area contributed by atoms with Crippen LogP contribution in [-0.4, -0.2) is 27.0 Å². The number of phenols is 2. The first kappa shape index (κ1) is 21.6. The van der Waals surface area contributed by atoms with Crippen LogP contribution in [0.1, 0.15) is 68.9 Å². The number of benzene rings is 2. The highest BCUT2D eigenvalue weighted by Gasteiger charge is 2.41. The smallest absolute Gasteiger partial charge is 0.303 e. The molecule has 0 amide bonds. The standard InChI is InChI=1S/C24H30O4S/c1-24(17-9-11-18(25)12-10-17)16-29-22-15-19(26)13-14-20(22)21(24)7-5-3-2-4-6-8-23(27)28/h9-15,21,25-26H,2-8,16H2,1H3,(H,27,28). The Balaban J connectivity index is 1.73. The molecule has 2 aromatic rings. The Morgan fingerprint density at radius 2 is 1.66 bits per heavy atom. The molecule has 29 heavy (non-hydrogen) atoms. The lowest BCUT2D eigenvalue weighted by molar-refractivity contribution is -0.137. The number of carbonyl (C=O) groups is 1. The average molecular weight is 415 g/mol. The van der Waals surface area contributed by atoms with Crippen LogP contribution in [0.4, 0.5) is 0 Å². The van der Waals surface area contributed by atoms with Crippen LogP contribution >= 0.6 is 11.8 Å². The van der Waals surface area contributed by atoms with Crippen molar-refractivity contribution in [2.45, 2.75) is 68.1 Å². The number of hydrogen-bond acceptors (Lipinski definition) is 4. The number of carboxylic acids is 1. The van der Waals surface area contributed by atoms with Gasteiger partial charge in [-0.15, -0.1) is 11.8 Å². The summed E-state index contributed by atoms with van der Waals surface area (Å²) in [7, 11) is 0. The molecule has 156 valence electrons. The minimum atomic E-state index is -0.714. The van der Waals surface area contributed by atoms with Crippen molar-refractivity contribution in [3.63, 3.8) is 0 Å². The molecule has 0 spiro atoms. The van der Waals surface area contributed by atoms with Gasteiger partial charge in [0.25, 0.3) is 0 Å². The molecule has 0 fully saturated rings. The van der Waals surface area contributed by atoms with Crippen molar-refractivity contribution in [1.29, 1.82) is 0 Å². The minimum absolute atomic E-state index is 0.0500. The van der Waals surface area contributed by atoms with E-state index in [-0.39, 0.29) is 17.6 Å². The quantitative estimate of drug-likeness (QED) is 0.435. The molecule has 0 saturated carbocycles. The van der Waals surface area contributed by atoms with Crippen LogP contribution in [0.25, 0.3) is 0 Å². The summed E-state index contributed by atoms with van der Waals surface area (Å²) in [5, 5.41) is 28.4. The first-order valence-electron chi connectivity index (χ1n) is 10.4. The Hall–Kier alpha value is -2.14. The molecule has 5 heteroatoms. The van der Waals surface area contributed by atoms with Gasteiger partial charge in [0.2, 0.25) is 0 Å². The van der Waals surface area contributed by atoms with Crippen LogP contribution in [0.2, 0.25) is 0 Å². The summed E-state index contributed by atoms with van der Waals surface area (Å²) in [6, 6.07) is 13.3. The lowest BCUT2D eigenvalue weighted by Crippen LogP contribution is -2.36. The van der Waals surface area contributed by atoms with Crippen molar-refractivity contribution in [3.05, 3.63) is 53.6 Å². The van der Waals surface area contributed by atoms with Gasteiger partial charge < -0.3 is 15.3 Å². The second-order valence-electron chi connectivity index (χ2n) is 8.23. The molecule has 0 bridgehead atoms. The zero-order valence-electron chi connectivity index (χ0n) is 16.9. The molecule has 1 heterocycles. The van der Waals surface area contributed by atoms with E-state index in [4.69, 9.17) is 5.11 Å². The second kappa shape index (κ2) is 9.57. The first-order valence-corrected chi connectivity index (χ1v) is 11.4. The van der Waals surface area contributed by atoms with E-state index in [9.17, 15) is 15.0 Å². The normalized spacial score (nSPS) is 20.9. The summed E-state index contributed by atoms with van der Waals surface area (Å²) < 4.78 is 0. The maximum absolute atomic E-state index is 10.6. The van der Waals surface area contributed by atoms with Gasteiger partial charge in [-0.1, -0.05) is 50.8 Å². The molecule has 0 saturated heterocycles. The fourth-order valence-corrected chi connectivity index (χ4v) is 5.77. The number of thioether (sulfide) groups is 1. The molecule has 3 rings (SSSR count). The van der Waals surface area contributed by atoms with E-state index < -0.39 is 5.97 Å². The monoisotopic (exact) mass is 414 g/mol. The fourth-order valence-electron chi connectivity index (χ4n) is 4.36. The van der Waals surface area contributed by atoms with Gasteiger partial charge in [-0.2, -0.15) is 0 Å². The number of carboxylic acid groups (broad SMARTS) is 1. The number of unbranched alkanes of at least 4 members (excludes halogenated alkanes) is 4. The highest BCUT2D eigenvalue weighted by Crippen LogP contribution is 2.52. The third-order valence-corrected chi connectivity index (χ3v) is 7.49. The van der Waals surface area contributed by atoms with Gasteiger partial charge in [0, 0.05) is 22.5 Å². The summed E-state index contributed by atoms with van der Waals surface area (Å²) in [6.45, 7) is 2.31. The Morgan fingerprint density at radius 3 is 2.38 bits per heavy atom. The summed E-state index contributed by atoms with van der Waals surface area (Å²) in [5.41, 5.74) is 2.47. The molecule has 0 aromatic heterocycles. The maximum Gasteiger partial charge on any atom is 0.303 e. The van der Waals surface area contributed by atoms with E-state index in [2.05, 4.69) is 13.0 Å². The van der Waals surface area contributed by atoms with Crippen molar-refractivity contribution >= 4 is 17.7 Å². The maximum atomic E-state index is 10.6. The molecule has 1 aliphatic rings. The number of aromatic hydroxyl groups is 2. The van der Waals surface area contributed by atoms with Crippen molar-refractivity contribution in [2.75, 3.05) is 5.75 Å². The number of hydrogen-bond donors (Lipinski definition) is 3. The predicted molar refractivity (Wildman–Crippen MR) is 117 cm³/mol. The zero-order valence-corrected chi connectivity index (χ0v) is 17.8. The highest BCUT2D eigenvalue weighted by atomic mass is 32.2. The topological polar surface area (TPSA) is 77.8 Å². The lowest BCUT2D eigenvalue weighted by atomic mass is 9.68. The number of fused-ring (bicyclic) bond motifs is 1. The highest BCUT2D eigenvalue weighted by molar-refractivity contribution is 7.99. The Morgan fingerprint density at radius 1 is 1.00 bits per heavy atom. The second-order valence-corrected chi connectivity index (χ2v) is 9.25. The Bertz CT molecular complexity index is 833. The molecule has 3 N–H and O–H groups in total. The van der Waals surface area contributed by atoms with E-state index in [1.54, 1.807) is 30.0 Å². The van der Waals surface area contributed by atoms with Gasteiger partial charge in [0.05, 0.1) is 0 Å². The largest absolute Gasteiger partial charge is 0.508 e. The van der Waals surface area contributed by atoms with Crippen LogP contribution in [0.5, 0.6) is 11.5 Å². The van der Waals surface area contributed by atoms with Crippen molar-refractivity contribution in [2.24, 2.45) is 0 Å². The van der Waals surface area contributed by atoms with Crippen LogP contribution < -0.4 is 0 Å². The zero-order chi connectivity index (χ0) is 20.9. The van der Waals surface area contributed by atoms with Crippen LogP contribution in [0, 0.1) is 0 Å². The van der Waals surface area contributed by atoms with Crippen LogP contribution in [-0.2, 0) is 10.2 Å².